The molecule has 96 valence electrons. The van der Waals surface area contributed by atoms with Crippen molar-refractivity contribution in [2.24, 2.45) is 0 Å². The summed E-state index contributed by atoms with van der Waals surface area (Å²) in [6.07, 6.45) is 0. The average molecular weight is 237 g/mol. The van der Waals surface area contributed by atoms with Gasteiger partial charge in [-0.15, -0.1) is 0 Å². The Hall–Kier alpha value is -1.06. The van der Waals surface area contributed by atoms with Gasteiger partial charge in [0.25, 0.3) is 0 Å². The van der Waals surface area contributed by atoms with E-state index >= 15 is 0 Å². The minimum atomic E-state index is -0.838. The molecule has 1 unspecified atom stereocenters. The van der Waals surface area contributed by atoms with Gasteiger partial charge in [-0.3, -0.25) is 0 Å². The predicted molar refractivity (Wildman–Crippen MR) is 70.6 cm³/mol. The lowest BCUT2D eigenvalue weighted by atomic mass is 10.1. The van der Waals surface area contributed by atoms with Gasteiger partial charge in [-0.05, 0) is 50.6 Å². The molecule has 0 aliphatic heterocycles. The Kier molecular flexibility index (Phi) is 4.97. The SMILES string of the molecule is CCNCC(C)(O)COc1ccc(C)c(C)c1. The third kappa shape index (κ3) is 4.75. The molecular weight excluding hydrogens is 214 g/mol. The number of rotatable bonds is 6. The molecule has 0 saturated carbocycles. The van der Waals surface area contributed by atoms with Gasteiger partial charge in [0.15, 0.2) is 0 Å². The molecule has 3 heteroatoms. The third-order valence-corrected chi connectivity index (χ3v) is 2.78. The first-order chi connectivity index (χ1) is 7.94. The van der Waals surface area contributed by atoms with Crippen LogP contribution in [0.15, 0.2) is 18.2 Å². The largest absolute Gasteiger partial charge is 0.491 e. The van der Waals surface area contributed by atoms with Crippen LogP contribution in [0.4, 0.5) is 0 Å². The van der Waals surface area contributed by atoms with Gasteiger partial charge >= 0.3 is 0 Å². The van der Waals surface area contributed by atoms with E-state index in [1.165, 1.54) is 11.1 Å². The van der Waals surface area contributed by atoms with Gasteiger partial charge in [-0.1, -0.05) is 13.0 Å². The Labute approximate surface area is 104 Å². The van der Waals surface area contributed by atoms with E-state index in [9.17, 15) is 5.11 Å². The molecule has 0 aliphatic rings. The number of likely N-dealkylation sites (N-methyl/N-ethyl adjacent to an activating group) is 1. The van der Waals surface area contributed by atoms with Gasteiger partial charge in [0.2, 0.25) is 0 Å². The van der Waals surface area contributed by atoms with Crippen LogP contribution in [0.25, 0.3) is 0 Å². The highest BCUT2D eigenvalue weighted by Crippen LogP contribution is 2.17. The summed E-state index contributed by atoms with van der Waals surface area (Å²) in [5, 5.41) is 13.2. The second-order valence-corrected chi connectivity index (χ2v) is 4.81. The minimum Gasteiger partial charge on any atom is -0.491 e. The molecule has 0 bridgehead atoms. The number of benzene rings is 1. The second kappa shape index (κ2) is 6.03. The number of aliphatic hydroxyl groups is 1. The van der Waals surface area contributed by atoms with Gasteiger partial charge in [-0.2, -0.15) is 0 Å². The fourth-order valence-corrected chi connectivity index (χ4v) is 1.49. The minimum absolute atomic E-state index is 0.294. The topological polar surface area (TPSA) is 41.5 Å². The predicted octanol–water partition coefficient (Wildman–Crippen LogP) is 2.04. The van der Waals surface area contributed by atoms with E-state index in [1.807, 2.05) is 25.1 Å². The molecule has 3 nitrogen and oxygen atoms in total. The summed E-state index contributed by atoms with van der Waals surface area (Å²) < 4.78 is 5.61. The van der Waals surface area contributed by atoms with E-state index in [0.29, 0.717) is 13.2 Å². The van der Waals surface area contributed by atoms with E-state index in [4.69, 9.17) is 4.74 Å². The van der Waals surface area contributed by atoms with Crippen molar-refractivity contribution in [1.82, 2.24) is 5.32 Å². The number of hydrogen-bond acceptors (Lipinski definition) is 3. The molecule has 1 rings (SSSR count). The highest BCUT2D eigenvalue weighted by atomic mass is 16.5. The van der Waals surface area contributed by atoms with Crippen molar-refractivity contribution < 1.29 is 9.84 Å². The van der Waals surface area contributed by atoms with Crippen molar-refractivity contribution in [1.29, 1.82) is 0 Å². The van der Waals surface area contributed by atoms with E-state index in [1.54, 1.807) is 6.92 Å². The number of hydrogen-bond donors (Lipinski definition) is 2. The molecule has 1 aromatic rings. The van der Waals surface area contributed by atoms with Crippen LogP contribution < -0.4 is 10.1 Å². The second-order valence-electron chi connectivity index (χ2n) is 4.81. The van der Waals surface area contributed by atoms with Crippen molar-refractivity contribution in [2.45, 2.75) is 33.3 Å². The molecule has 0 amide bonds. The maximum atomic E-state index is 10.0. The molecule has 0 spiro atoms. The normalized spacial score (nSPS) is 14.4. The highest BCUT2D eigenvalue weighted by Gasteiger charge is 2.20. The average Bonchev–Trinajstić information content (AvgIpc) is 2.28. The quantitative estimate of drug-likeness (QED) is 0.795. The van der Waals surface area contributed by atoms with Crippen molar-refractivity contribution in [3.8, 4) is 5.75 Å². The lowest BCUT2D eigenvalue weighted by Crippen LogP contribution is -2.42. The summed E-state index contributed by atoms with van der Waals surface area (Å²) in [5.74, 6) is 0.810. The zero-order chi connectivity index (χ0) is 12.9. The first-order valence-electron chi connectivity index (χ1n) is 6.08. The number of aryl methyl sites for hydroxylation is 2. The molecule has 1 atom stereocenters. The molecule has 0 heterocycles. The fraction of sp³-hybridized carbons (Fsp3) is 0.571. The lowest BCUT2D eigenvalue weighted by molar-refractivity contribution is 0.0127. The zero-order valence-electron chi connectivity index (χ0n) is 11.2. The maximum Gasteiger partial charge on any atom is 0.119 e. The van der Waals surface area contributed by atoms with Crippen LogP contribution >= 0.6 is 0 Å². The van der Waals surface area contributed by atoms with Gasteiger partial charge in [0.1, 0.15) is 18.0 Å². The van der Waals surface area contributed by atoms with Gasteiger partial charge < -0.3 is 15.2 Å². The Morgan fingerprint density at radius 3 is 2.59 bits per heavy atom. The molecule has 1 aromatic carbocycles. The van der Waals surface area contributed by atoms with E-state index < -0.39 is 5.60 Å². The Morgan fingerprint density at radius 1 is 1.29 bits per heavy atom. The molecule has 0 fully saturated rings. The standard InChI is InChI=1S/C14H23NO2/c1-5-15-9-14(4,16)10-17-13-7-6-11(2)12(3)8-13/h6-8,15-16H,5,9-10H2,1-4H3. The van der Waals surface area contributed by atoms with Crippen LogP contribution in [0.2, 0.25) is 0 Å². The zero-order valence-corrected chi connectivity index (χ0v) is 11.2. The summed E-state index contributed by atoms with van der Waals surface area (Å²) in [5.41, 5.74) is 1.61. The molecule has 0 saturated heterocycles. The lowest BCUT2D eigenvalue weighted by Gasteiger charge is -2.23. The molecule has 0 aromatic heterocycles. The van der Waals surface area contributed by atoms with Crippen molar-refractivity contribution >= 4 is 0 Å². The molecule has 0 aliphatic carbocycles. The fourth-order valence-electron chi connectivity index (χ4n) is 1.49. The van der Waals surface area contributed by atoms with Crippen LogP contribution in [0.1, 0.15) is 25.0 Å². The summed E-state index contributed by atoms with van der Waals surface area (Å²) in [7, 11) is 0. The van der Waals surface area contributed by atoms with Crippen LogP contribution in [-0.2, 0) is 0 Å². The van der Waals surface area contributed by atoms with Gasteiger partial charge in [0, 0.05) is 6.54 Å². The molecular formula is C14H23NO2. The summed E-state index contributed by atoms with van der Waals surface area (Å²) >= 11 is 0. The van der Waals surface area contributed by atoms with Gasteiger partial charge in [0.05, 0.1) is 0 Å². The van der Waals surface area contributed by atoms with Crippen molar-refractivity contribution in [2.75, 3.05) is 19.7 Å². The smallest absolute Gasteiger partial charge is 0.119 e. The number of nitrogens with one attached hydrogen (secondary N) is 1. The first-order valence-corrected chi connectivity index (χ1v) is 6.08. The van der Waals surface area contributed by atoms with Gasteiger partial charge in [-0.25, -0.2) is 0 Å². The van der Waals surface area contributed by atoms with Crippen molar-refractivity contribution in [3.05, 3.63) is 29.3 Å². The summed E-state index contributed by atoms with van der Waals surface area (Å²) in [4.78, 5) is 0. The molecule has 0 radical (unpaired) electrons. The van der Waals surface area contributed by atoms with Crippen LogP contribution in [0.3, 0.4) is 0 Å². The van der Waals surface area contributed by atoms with Crippen molar-refractivity contribution in [3.63, 3.8) is 0 Å². The first kappa shape index (κ1) is 14.0. The Morgan fingerprint density at radius 2 is 2.00 bits per heavy atom. The van der Waals surface area contributed by atoms with E-state index in [0.717, 1.165) is 12.3 Å². The van der Waals surface area contributed by atoms with Crippen LogP contribution in [0, 0.1) is 13.8 Å². The van der Waals surface area contributed by atoms with Crippen LogP contribution in [0.5, 0.6) is 5.75 Å². The van der Waals surface area contributed by atoms with Crippen LogP contribution in [-0.4, -0.2) is 30.4 Å². The Bertz CT molecular complexity index is 361. The summed E-state index contributed by atoms with van der Waals surface area (Å²) in [6, 6.07) is 5.97. The summed E-state index contributed by atoms with van der Waals surface area (Å²) in [6.45, 7) is 9.59. The third-order valence-electron chi connectivity index (χ3n) is 2.78. The maximum absolute atomic E-state index is 10.0. The monoisotopic (exact) mass is 237 g/mol. The highest BCUT2D eigenvalue weighted by molar-refractivity contribution is 5.33. The number of ether oxygens (including phenoxy) is 1. The molecule has 2 N–H and O–H groups in total. The molecule has 17 heavy (non-hydrogen) atoms. The van der Waals surface area contributed by atoms with E-state index in [-0.39, 0.29) is 0 Å². The Balaban J connectivity index is 2.51. The van der Waals surface area contributed by atoms with E-state index in [2.05, 4.69) is 19.2 Å².